The van der Waals surface area contributed by atoms with Gasteiger partial charge in [-0.2, -0.15) is 0 Å². The molecule has 4 rings (SSSR count). The Morgan fingerprint density at radius 1 is 0.969 bits per heavy atom. The highest BCUT2D eigenvalue weighted by molar-refractivity contribution is 7.12. The molecule has 1 aromatic heterocycles. The number of benzene rings is 1. The smallest absolute Gasteiger partial charge is 0.311 e. The van der Waals surface area contributed by atoms with Gasteiger partial charge >= 0.3 is 11.9 Å². The predicted octanol–water partition coefficient (Wildman–Crippen LogP) is 5.66. The molecule has 1 aromatic carbocycles. The Kier molecular flexibility index (Phi) is 7.31. The first-order valence-corrected chi connectivity index (χ1v) is 12.8. The molecule has 0 bridgehead atoms. The molecule has 0 saturated heterocycles. The fourth-order valence-electron chi connectivity index (χ4n) is 4.83. The second kappa shape index (κ2) is 10.2. The van der Waals surface area contributed by atoms with Crippen LogP contribution in [0.15, 0.2) is 18.2 Å². The van der Waals surface area contributed by atoms with Gasteiger partial charge in [-0.3, -0.25) is 9.59 Å². The third-order valence-electron chi connectivity index (χ3n) is 6.27. The fraction of sp³-hybridized carbons (Fsp3) is 0.538. The van der Waals surface area contributed by atoms with Crippen molar-refractivity contribution in [1.29, 1.82) is 0 Å². The zero-order chi connectivity index (χ0) is 22.7. The Morgan fingerprint density at radius 3 is 2.31 bits per heavy atom. The van der Waals surface area contributed by atoms with Gasteiger partial charge in [0.2, 0.25) is 0 Å². The van der Waals surface area contributed by atoms with E-state index in [0.717, 1.165) is 32.2 Å². The number of ether oxygens (including phenoxy) is 2. The molecule has 2 aromatic rings. The molecule has 172 valence electrons. The molecule has 0 radical (unpaired) electrons. The van der Waals surface area contributed by atoms with Crippen LogP contribution in [0.4, 0.5) is 0 Å². The van der Waals surface area contributed by atoms with Gasteiger partial charge in [-0.1, -0.05) is 27.2 Å². The maximum absolute atomic E-state index is 12.3. The van der Waals surface area contributed by atoms with E-state index < -0.39 is 0 Å². The summed E-state index contributed by atoms with van der Waals surface area (Å²) in [5.74, 6) is 0.372. The summed E-state index contributed by atoms with van der Waals surface area (Å²) in [6.07, 6.45) is 6.29. The standard InChI is InChI=1S/C26H33NO4S/c1-4-7-17-13-19-23(32-17)15-27-20-11-10-16-12-21(30-24(28)8-5-2)22(14-18(16)26(19)20)31-25(29)9-6-3/h12-14,20,26-27H,4-11,15H2,1-3H3/t20-,26+/m1/s1. The Hall–Kier alpha value is -2.18. The minimum absolute atomic E-state index is 0.230. The van der Waals surface area contributed by atoms with Crippen molar-refractivity contribution < 1.29 is 19.1 Å². The van der Waals surface area contributed by atoms with E-state index in [0.29, 0.717) is 43.2 Å². The normalized spacial score (nSPS) is 19.0. The van der Waals surface area contributed by atoms with Gasteiger partial charge in [0.05, 0.1) is 0 Å². The zero-order valence-corrected chi connectivity index (χ0v) is 20.1. The molecule has 0 unspecified atom stereocenters. The topological polar surface area (TPSA) is 64.6 Å². The summed E-state index contributed by atoms with van der Waals surface area (Å²) in [5.41, 5.74) is 3.77. The quantitative estimate of drug-likeness (QED) is 0.411. The first-order valence-electron chi connectivity index (χ1n) is 12.0. The first-order chi connectivity index (χ1) is 15.5. The highest BCUT2D eigenvalue weighted by Gasteiger charge is 2.37. The third kappa shape index (κ3) is 4.76. The van der Waals surface area contributed by atoms with Crippen molar-refractivity contribution in [3.05, 3.63) is 44.6 Å². The van der Waals surface area contributed by atoms with E-state index >= 15 is 0 Å². The molecule has 1 aliphatic carbocycles. The van der Waals surface area contributed by atoms with E-state index in [2.05, 4.69) is 18.3 Å². The van der Waals surface area contributed by atoms with Crippen molar-refractivity contribution in [1.82, 2.24) is 5.32 Å². The summed E-state index contributed by atoms with van der Waals surface area (Å²) in [6, 6.07) is 6.64. The van der Waals surface area contributed by atoms with Gasteiger partial charge in [-0.25, -0.2) is 0 Å². The Labute approximate surface area is 194 Å². The number of hydrogen-bond donors (Lipinski definition) is 1. The van der Waals surface area contributed by atoms with Gasteiger partial charge in [0.15, 0.2) is 11.5 Å². The lowest BCUT2D eigenvalue weighted by Gasteiger charge is -2.38. The van der Waals surface area contributed by atoms with Gasteiger partial charge in [0.25, 0.3) is 0 Å². The number of aryl methyl sites for hydroxylation is 2. The van der Waals surface area contributed by atoms with E-state index in [1.165, 1.54) is 26.4 Å². The molecule has 0 spiro atoms. The third-order valence-corrected chi connectivity index (χ3v) is 7.48. The van der Waals surface area contributed by atoms with Crippen LogP contribution in [-0.2, 0) is 29.0 Å². The van der Waals surface area contributed by atoms with E-state index in [9.17, 15) is 9.59 Å². The monoisotopic (exact) mass is 455 g/mol. The average molecular weight is 456 g/mol. The molecule has 2 aliphatic rings. The number of carbonyl (C=O) groups is 2. The maximum atomic E-state index is 12.3. The van der Waals surface area contributed by atoms with Crippen LogP contribution < -0.4 is 14.8 Å². The van der Waals surface area contributed by atoms with Crippen molar-refractivity contribution in [2.75, 3.05) is 0 Å². The number of fused-ring (bicyclic) bond motifs is 5. The lowest BCUT2D eigenvalue weighted by Crippen LogP contribution is -2.42. The number of thiophene rings is 1. The number of esters is 2. The minimum atomic E-state index is -0.296. The van der Waals surface area contributed by atoms with Gasteiger partial charge < -0.3 is 14.8 Å². The molecular weight excluding hydrogens is 422 g/mol. The van der Waals surface area contributed by atoms with Crippen LogP contribution in [0.2, 0.25) is 0 Å². The lowest BCUT2D eigenvalue weighted by molar-refractivity contribution is -0.137. The predicted molar refractivity (Wildman–Crippen MR) is 127 cm³/mol. The first kappa shape index (κ1) is 23.0. The fourth-order valence-corrected chi connectivity index (χ4v) is 6.10. The second-order valence-electron chi connectivity index (χ2n) is 8.79. The molecule has 1 aliphatic heterocycles. The van der Waals surface area contributed by atoms with Crippen LogP contribution in [0, 0.1) is 0 Å². The number of hydrogen-bond acceptors (Lipinski definition) is 6. The molecule has 5 nitrogen and oxygen atoms in total. The average Bonchev–Trinajstić information content (AvgIpc) is 3.17. The van der Waals surface area contributed by atoms with Gasteiger partial charge in [0.1, 0.15) is 0 Å². The Bertz CT molecular complexity index is 996. The molecule has 32 heavy (non-hydrogen) atoms. The van der Waals surface area contributed by atoms with Crippen molar-refractivity contribution >= 4 is 23.3 Å². The molecular formula is C26H33NO4S. The van der Waals surface area contributed by atoms with Crippen LogP contribution in [0.25, 0.3) is 0 Å². The van der Waals surface area contributed by atoms with E-state index in [1.807, 2.05) is 37.3 Å². The summed E-state index contributed by atoms with van der Waals surface area (Å²) in [7, 11) is 0. The lowest BCUT2D eigenvalue weighted by atomic mass is 9.74. The molecule has 1 N–H and O–H groups in total. The number of nitrogens with one attached hydrogen (secondary N) is 1. The van der Waals surface area contributed by atoms with E-state index in [4.69, 9.17) is 9.47 Å². The molecule has 0 fully saturated rings. The Morgan fingerprint density at radius 2 is 1.66 bits per heavy atom. The second-order valence-corrected chi connectivity index (χ2v) is 10.0. The van der Waals surface area contributed by atoms with Crippen LogP contribution >= 0.6 is 11.3 Å². The SMILES string of the molecule is CCCC(=O)Oc1cc2c(cc1OC(=O)CCC)[C@H]1c3cc(CCC)sc3CN[C@@H]1CC2. The highest BCUT2D eigenvalue weighted by atomic mass is 32.1. The Balaban J connectivity index is 1.75. The summed E-state index contributed by atoms with van der Waals surface area (Å²) < 4.78 is 11.4. The summed E-state index contributed by atoms with van der Waals surface area (Å²) in [4.78, 5) is 27.4. The summed E-state index contributed by atoms with van der Waals surface area (Å²) in [5, 5.41) is 3.73. The summed E-state index contributed by atoms with van der Waals surface area (Å²) >= 11 is 1.91. The van der Waals surface area contributed by atoms with Crippen molar-refractivity contribution in [2.24, 2.45) is 0 Å². The van der Waals surface area contributed by atoms with Crippen LogP contribution in [0.5, 0.6) is 11.5 Å². The minimum Gasteiger partial charge on any atom is -0.423 e. The molecule has 2 atom stereocenters. The van der Waals surface area contributed by atoms with Crippen LogP contribution in [0.3, 0.4) is 0 Å². The van der Waals surface area contributed by atoms with Crippen LogP contribution in [0.1, 0.15) is 91.7 Å². The number of carbonyl (C=O) groups excluding carboxylic acids is 2. The van der Waals surface area contributed by atoms with Crippen molar-refractivity contribution in [3.8, 4) is 11.5 Å². The highest BCUT2D eigenvalue weighted by Crippen LogP contribution is 2.46. The van der Waals surface area contributed by atoms with Gasteiger partial charge in [-0.05, 0) is 67.0 Å². The molecule has 0 amide bonds. The van der Waals surface area contributed by atoms with Crippen molar-refractivity contribution in [3.63, 3.8) is 0 Å². The van der Waals surface area contributed by atoms with E-state index in [1.54, 1.807) is 0 Å². The maximum Gasteiger partial charge on any atom is 0.311 e. The molecule has 0 saturated carbocycles. The molecule has 2 heterocycles. The van der Waals surface area contributed by atoms with Crippen molar-refractivity contribution in [2.45, 2.75) is 90.6 Å². The largest absolute Gasteiger partial charge is 0.423 e. The van der Waals surface area contributed by atoms with Gasteiger partial charge in [0, 0.05) is 41.1 Å². The summed E-state index contributed by atoms with van der Waals surface area (Å²) in [6.45, 7) is 7.03. The molecule has 6 heteroatoms. The van der Waals surface area contributed by atoms with Gasteiger partial charge in [-0.15, -0.1) is 11.3 Å². The number of rotatable bonds is 8. The zero-order valence-electron chi connectivity index (χ0n) is 19.3. The van der Waals surface area contributed by atoms with E-state index in [-0.39, 0.29) is 17.9 Å². The van der Waals surface area contributed by atoms with Crippen LogP contribution in [-0.4, -0.2) is 18.0 Å².